The van der Waals surface area contributed by atoms with Crippen LogP contribution in [0.2, 0.25) is 0 Å². The van der Waals surface area contributed by atoms with Crippen LogP contribution in [0.15, 0.2) is 24.3 Å². The van der Waals surface area contributed by atoms with E-state index in [0.717, 1.165) is 4.31 Å². The van der Waals surface area contributed by atoms with Crippen LogP contribution in [0.4, 0.5) is 0 Å². The highest BCUT2D eigenvalue weighted by atomic mass is 32.2. The van der Waals surface area contributed by atoms with Crippen LogP contribution in [-0.2, 0) is 10.2 Å². The summed E-state index contributed by atoms with van der Waals surface area (Å²) in [7, 11) is -0.578. The highest BCUT2D eigenvalue weighted by molar-refractivity contribution is 7.87. The van der Waals surface area contributed by atoms with E-state index in [1.807, 2.05) is 12.2 Å². The van der Waals surface area contributed by atoms with Crippen molar-refractivity contribution in [2.45, 2.75) is 12.1 Å². The Morgan fingerprint density at radius 2 is 2.07 bits per heavy atom. The van der Waals surface area contributed by atoms with E-state index in [1.54, 1.807) is 12.2 Å². The van der Waals surface area contributed by atoms with Gasteiger partial charge in [-0.1, -0.05) is 18.2 Å². The van der Waals surface area contributed by atoms with Gasteiger partial charge < -0.3 is 5.73 Å². The zero-order valence-electron chi connectivity index (χ0n) is 8.27. The van der Waals surface area contributed by atoms with E-state index in [2.05, 4.69) is 4.72 Å². The molecule has 0 bridgehead atoms. The van der Waals surface area contributed by atoms with Gasteiger partial charge in [-0.15, -0.1) is 0 Å². The number of nitrogens with one attached hydrogen (secondary N) is 1. The molecule has 0 aromatic rings. The maximum atomic E-state index is 11.5. The molecule has 0 saturated carbocycles. The van der Waals surface area contributed by atoms with Gasteiger partial charge in [-0.3, -0.25) is 0 Å². The van der Waals surface area contributed by atoms with E-state index in [9.17, 15) is 8.42 Å². The Bertz CT molecular complexity index is 359. The molecule has 0 aromatic heterocycles. The molecule has 1 unspecified atom stereocenters. The summed E-state index contributed by atoms with van der Waals surface area (Å²) < 4.78 is 26.5. The van der Waals surface area contributed by atoms with Crippen molar-refractivity contribution < 1.29 is 8.42 Å². The summed E-state index contributed by atoms with van der Waals surface area (Å²) in [6, 6.07) is 0. The molecular formula is C8H15N3O2S. The molecular weight excluding hydrogens is 202 g/mol. The first-order valence-electron chi connectivity index (χ1n) is 4.20. The second kappa shape index (κ2) is 3.82. The number of rotatable bonds is 3. The molecule has 0 fully saturated rings. The first-order chi connectivity index (χ1) is 6.36. The Labute approximate surface area is 84.5 Å². The Hall–Kier alpha value is -0.690. The Kier molecular flexibility index (Phi) is 3.10. The van der Waals surface area contributed by atoms with E-state index in [1.165, 1.54) is 14.1 Å². The monoisotopic (exact) mass is 217 g/mol. The average molecular weight is 217 g/mol. The lowest BCUT2D eigenvalue weighted by atomic mass is 10.0. The van der Waals surface area contributed by atoms with Crippen LogP contribution in [0.25, 0.3) is 0 Å². The molecule has 0 aromatic carbocycles. The summed E-state index contributed by atoms with van der Waals surface area (Å²) in [6.45, 7) is 0. The van der Waals surface area contributed by atoms with Crippen LogP contribution in [0, 0.1) is 0 Å². The first kappa shape index (κ1) is 11.4. The number of allylic oxidation sites excluding steroid dienone is 2. The van der Waals surface area contributed by atoms with E-state index >= 15 is 0 Å². The zero-order chi connectivity index (χ0) is 10.8. The van der Waals surface area contributed by atoms with E-state index < -0.39 is 15.9 Å². The highest BCUT2D eigenvalue weighted by Crippen LogP contribution is 2.12. The molecule has 0 saturated heterocycles. The number of hydrogen-bond donors (Lipinski definition) is 2. The largest absolute Gasteiger partial charge is 0.309 e. The third-order valence-electron chi connectivity index (χ3n) is 1.90. The quantitative estimate of drug-likeness (QED) is 0.629. The minimum absolute atomic E-state index is 0.455. The Morgan fingerprint density at radius 3 is 2.50 bits per heavy atom. The SMILES string of the molecule is CN(C)S(=O)(=O)NC1(N)C=CC=CC1. The van der Waals surface area contributed by atoms with Crippen molar-refractivity contribution in [3.63, 3.8) is 0 Å². The maximum Gasteiger partial charge on any atom is 0.280 e. The van der Waals surface area contributed by atoms with Gasteiger partial charge in [0.15, 0.2) is 0 Å². The lowest BCUT2D eigenvalue weighted by Gasteiger charge is -2.28. The predicted molar refractivity (Wildman–Crippen MR) is 55.6 cm³/mol. The van der Waals surface area contributed by atoms with Crippen LogP contribution < -0.4 is 10.5 Å². The average Bonchev–Trinajstić information content (AvgIpc) is 2.03. The lowest BCUT2D eigenvalue weighted by molar-refractivity contribution is 0.444. The van der Waals surface area contributed by atoms with Crippen molar-refractivity contribution >= 4 is 10.2 Å². The molecule has 6 heteroatoms. The van der Waals surface area contributed by atoms with Crippen LogP contribution in [-0.4, -0.2) is 32.5 Å². The Balaban J connectivity index is 2.79. The molecule has 1 aliphatic rings. The second-order valence-corrected chi connectivity index (χ2v) is 5.31. The minimum atomic E-state index is -3.48. The minimum Gasteiger partial charge on any atom is -0.309 e. The fraction of sp³-hybridized carbons (Fsp3) is 0.500. The Morgan fingerprint density at radius 1 is 1.43 bits per heavy atom. The third-order valence-corrected chi connectivity index (χ3v) is 3.50. The standard InChI is InChI=1S/C8H15N3O2S/c1-11(2)14(12,13)10-8(9)6-4-3-5-7-8/h3-6,10H,7,9H2,1-2H3. The predicted octanol–water partition coefficient (Wildman–Crippen LogP) is -0.446. The molecule has 0 spiro atoms. The molecule has 1 atom stereocenters. The molecule has 0 radical (unpaired) electrons. The summed E-state index contributed by atoms with van der Waals surface area (Å²) in [5, 5.41) is 0. The fourth-order valence-corrected chi connectivity index (χ4v) is 1.86. The molecule has 80 valence electrons. The summed E-state index contributed by atoms with van der Waals surface area (Å²) in [6.07, 6.45) is 7.46. The molecule has 0 heterocycles. The summed E-state index contributed by atoms with van der Waals surface area (Å²) in [5.74, 6) is 0. The lowest BCUT2D eigenvalue weighted by Crippen LogP contribution is -2.57. The van der Waals surface area contributed by atoms with Crippen LogP contribution in [0.5, 0.6) is 0 Å². The molecule has 3 N–H and O–H groups in total. The zero-order valence-corrected chi connectivity index (χ0v) is 9.08. The van der Waals surface area contributed by atoms with Crippen LogP contribution in [0.1, 0.15) is 6.42 Å². The number of nitrogens with zero attached hydrogens (tertiary/aromatic N) is 1. The van der Waals surface area contributed by atoms with Crippen molar-refractivity contribution in [1.29, 1.82) is 0 Å². The van der Waals surface area contributed by atoms with Crippen molar-refractivity contribution in [3.8, 4) is 0 Å². The van der Waals surface area contributed by atoms with Crippen molar-refractivity contribution in [2.24, 2.45) is 5.73 Å². The molecule has 0 amide bonds. The van der Waals surface area contributed by atoms with Gasteiger partial charge in [0.1, 0.15) is 5.66 Å². The van der Waals surface area contributed by atoms with Crippen molar-refractivity contribution in [2.75, 3.05) is 14.1 Å². The van der Waals surface area contributed by atoms with Gasteiger partial charge >= 0.3 is 0 Å². The third kappa shape index (κ3) is 2.65. The smallest absolute Gasteiger partial charge is 0.280 e. The van der Waals surface area contributed by atoms with E-state index in [0.29, 0.717) is 6.42 Å². The highest BCUT2D eigenvalue weighted by Gasteiger charge is 2.28. The van der Waals surface area contributed by atoms with Gasteiger partial charge in [-0.05, 0) is 6.08 Å². The van der Waals surface area contributed by atoms with Gasteiger partial charge in [0.2, 0.25) is 0 Å². The number of nitrogens with two attached hydrogens (primary N) is 1. The molecule has 1 aliphatic carbocycles. The molecule has 0 aliphatic heterocycles. The van der Waals surface area contributed by atoms with Crippen molar-refractivity contribution in [3.05, 3.63) is 24.3 Å². The fourth-order valence-electron chi connectivity index (χ4n) is 1.04. The van der Waals surface area contributed by atoms with Gasteiger partial charge in [0, 0.05) is 20.5 Å². The van der Waals surface area contributed by atoms with Crippen LogP contribution in [0.3, 0.4) is 0 Å². The second-order valence-electron chi connectivity index (χ2n) is 3.42. The normalized spacial score (nSPS) is 27.1. The van der Waals surface area contributed by atoms with E-state index in [-0.39, 0.29) is 0 Å². The number of hydrogen-bond acceptors (Lipinski definition) is 3. The van der Waals surface area contributed by atoms with Crippen molar-refractivity contribution in [1.82, 2.24) is 9.03 Å². The summed E-state index contributed by atoms with van der Waals surface area (Å²) >= 11 is 0. The maximum absolute atomic E-state index is 11.5. The molecule has 1 rings (SSSR count). The molecule has 14 heavy (non-hydrogen) atoms. The van der Waals surface area contributed by atoms with Gasteiger partial charge in [-0.25, -0.2) is 0 Å². The van der Waals surface area contributed by atoms with Gasteiger partial charge in [-0.2, -0.15) is 17.4 Å². The summed E-state index contributed by atoms with van der Waals surface area (Å²) in [5.41, 5.74) is 4.83. The van der Waals surface area contributed by atoms with E-state index in [4.69, 9.17) is 5.73 Å². The summed E-state index contributed by atoms with van der Waals surface area (Å²) in [4.78, 5) is 0. The first-order valence-corrected chi connectivity index (χ1v) is 5.64. The topological polar surface area (TPSA) is 75.4 Å². The van der Waals surface area contributed by atoms with Gasteiger partial charge in [0.05, 0.1) is 0 Å². The van der Waals surface area contributed by atoms with Gasteiger partial charge in [0.25, 0.3) is 10.2 Å². The van der Waals surface area contributed by atoms with Crippen LogP contribution >= 0.6 is 0 Å². The molecule has 5 nitrogen and oxygen atoms in total.